The van der Waals surface area contributed by atoms with Gasteiger partial charge >= 0.3 is 0 Å². The van der Waals surface area contributed by atoms with Crippen LogP contribution >= 0.6 is 0 Å². The van der Waals surface area contributed by atoms with E-state index in [9.17, 15) is 4.79 Å². The Kier molecular flexibility index (Phi) is 4.79. The quantitative estimate of drug-likeness (QED) is 0.913. The van der Waals surface area contributed by atoms with Gasteiger partial charge in [0, 0.05) is 24.1 Å². The van der Waals surface area contributed by atoms with E-state index in [-0.39, 0.29) is 5.91 Å². The highest BCUT2D eigenvalue weighted by Gasteiger charge is 2.18. The SMILES string of the molecule is Cc1cc(C(=O)NCCC2CCCC2)c(C)n1-c1cccnc1. The molecule has 0 atom stereocenters. The van der Waals surface area contributed by atoms with E-state index in [0.29, 0.717) is 0 Å². The topological polar surface area (TPSA) is 46.9 Å². The van der Waals surface area contributed by atoms with Crippen molar-refractivity contribution in [2.24, 2.45) is 5.92 Å². The number of nitrogens with one attached hydrogen (secondary N) is 1. The number of pyridine rings is 1. The molecule has 0 aromatic carbocycles. The van der Waals surface area contributed by atoms with Gasteiger partial charge in [0.2, 0.25) is 0 Å². The second-order valence-corrected chi connectivity index (χ2v) is 6.53. The Morgan fingerprint density at radius 3 is 2.83 bits per heavy atom. The fourth-order valence-corrected chi connectivity index (χ4v) is 3.66. The van der Waals surface area contributed by atoms with Crippen molar-refractivity contribution in [1.82, 2.24) is 14.9 Å². The van der Waals surface area contributed by atoms with E-state index < -0.39 is 0 Å². The lowest BCUT2D eigenvalue weighted by Crippen LogP contribution is -2.26. The van der Waals surface area contributed by atoms with Crippen molar-refractivity contribution in [1.29, 1.82) is 0 Å². The zero-order chi connectivity index (χ0) is 16.2. The Morgan fingerprint density at radius 2 is 2.13 bits per heavy atom. The lowest BCUT2D eigenvalue weighted by Gasteiger charge is -2.11. The summed E-state index contributed by atoms with van der Waals surface area (Å²) in [5.74, 6) is 0.837. The molecule has 0 radical (unpaired) electrons. The first-order valence-corrected chi connectivity index (χ1v) is 8.54. The molecule has 0 spiro atoms. The number of nitrogens with zero attached hydrogens (tertiary/aromatic N) is 2. The summed E-state index contributed by atoms with van der Waals surface area (Å²) in [6.07, 6.45) is 10.0. The largest absolute Gasteiger partial charge is 0.352 e. The van der Waals surface area contributed by atoms with Crippen molar-refractivity contribution in [3.8, 4) is 5.69 Å². The third kappa shape index (κ3) is 3.46. The number of hydrogen-bond acceptors (Lipinski definition) is 2. The zero-order valence-electron chi connectivity index (χ0n) is 14.0. The van der Waals surface area contributed by atoms with Gasteiger partial charge in [-0.15, -0.1) is 0 Å². The summed E-state index contributed by atoms with van der Waals surface area (Å²) in [5, 5.41) is 3.09. The normalized spacial score (nSPS) is 15.0. The van der Waals surface area contributed by atoms with Crippen LogP contribution in [0.15, 0.2) is 30.6 Å². The van der Waals surface area contributed by atoms with Crippen molar-refractivity contribution in [3.05, 3.63) is 47.5 Å². The minimum absolute atomic E-state index is 0.0336. The smallest absolute Gasteiger partial charge is 0.253 e. The van der Waals surface area contributed by atoms with E-state index in [1.54, 1.807) is 6.20 Å². The molecule has 0 aliphatic heterocycles. The summed E-state index contributed by atoms with van der Waals surface area (Å²) in [5.41, 5.74) is 3.77. The molecule has 1 amide bonds. The van der Waals surface area contributed by atoms with Gasteiger partial charge in [-0.1, -0.05) is 25.7 Å². The average molecular weight is 311 g/mol. The summed E-state index contributed by atoms with van der Waals surface area (Å²) in [6.45, 7) is 4.79. The van der Waals surface area contributed by atoms with Gasteiger partial charge in [-0.2, -0.15) is 0 Å². The Morgan fingerprint density at radius 1 is 1.35 bits per heavy atom. The molecular weight excluding hydrogens is 286 g/mol. The van der Waals surface area contributed by atoms with Gasteiger partial charge in [-0.05, 0) is 44.4 Å². The van der Waals surface area contributed by atoms with Crippen molar-refractivity contribution in [2.45, 2.75) is 46.0 Å². The van der Waals surface area contributed by atoms with Crippen LogP contribution in [0.3, 0.4) is 0 Å². The van der Waals surface area contributed by atoms with E-state index in [1.165, 1.54) is 25.7 Å². The highest BCUT2D eigenvalue weighted by atomic mass is 16.1. The van der Waals surface area contributed by atoms with Crippen LogP contribution in [-0.2, 0) is 0 Å². The fraction of sp³-hybridized carbons (Fsp3) is 0.474. The Bertz CT molecular complexity index is 669. The van der Waals surface area contributed by atoms with Crippen LogP contribution in [0.25, 0.3) is 5.69 Å². The Labute approximate surface area is 137 Å². The first kappa shape index (κ1) is 15.8. The van der Waals surface area contributed by atoms with Gasteiger partial charge in [0.25, 0.3) is 5.91 Å². The molecule has 1 saturated carbocycles. The molecule has 0 bridgehead atoms. The molecule has 2 heterocycles. The lowest BCUT2D eigenvalue weighted by atomic mass is 10.0. The second-order valence-electron chi connectivity index (χ2n) is 6.53. The van der Waals surface area contributed by atoms with Crippen molar-refractivity contribution in [2.75, 3.05) is 6.54 Å². The van der Waals surface area contributed by atoms with Gasteiger partial charge < -0.3 is 9.88 Å². The van der Waals surface area contributed by atoms with E-state index >= 15 is 0 Å². The molecule has 0 saturated heterocycles. The number of aromatic nitrogens is 2. The minimum Gasteiger partial charge on any atom is -0.352 e. The zero-order valence-corrected chi connectivity index (χ0v) is 14.0. The average Bonchev–Trinajstić information content (AvgIpc) is 3.16. The third-order valence-corrected chi connectivity index (χ3v) is 4.89. The van der Waals surface area contributed by atoms with Crippen LogP contribution in [-0.4, -0.2) is 22.0 Å². The monoisotopic (exact) mass is 311 g/mol. The summed E-state index contributed by atoms with van der Waals surface area (Å²) in [7, 11) is 0. The maximum Gasteiger partial charge on any atom is 0.253 e. The molecular formula is C19H25N3O. The predicted octanol–water partition coefficient (Wildman–Crippen LogP) is 3.80. The molecule has 3 rings (SSSR count). The number of carbonyl (C=O) groups excluding carboxylic acids is 1. The van der Waals surface area contributed by atoms with Gasteiger partial charge in [0.05, 0.1) is 17.4 Å². The number of amides is 1. The van der Waals surface area contributed by atoms with Gasteiger partial charge in [0.15, 0.2) is 0 Å². The molecule has 1 aliphatic carbocycles. The van der Waals surface area contributed by atoms with Crippen LogP contribution < -0.4 is 5.32 Å². The van der Waals surface area contributed by atoms with Crippen molar-refractivity contribution < 1.29 is 4.79 Å². The molecule has 1 N–H and O–H groups in total. The van der Waals surface area contributed by atoms with E-state index in [4.69, 9.17) is 0 Å². The maximum atomic E-state index is 12.5. The molecule has 2 aromatic rings. The standard InChI is InChI=1S/C19H25N3O/c1-14-12-18(15(2)22(14)17-8-5-10-20-13-17)19(23)21-11-9-16-6-3-4-7-16/h5,8,10,12-13,16H,3-4,6-7,9,11H2,1-2H3,(H,21,23). The number of hydrogen-bond donors (Lipinski definition) is 1. The lowest BCUT2D eigenvalue weighted by molar-refractivity contribution is 0.0951. The van der Waals surface area contributed by atoms with Crippen molar-refractivity contribution in [3.63, 3.8) is 0 Å². The molecule has 0 unspecified atom stereocenters. The first-order chi connectivity index (χ1) is 11.2. The van der Waals surface area contributed by atoms with Crippen molar-refractivity contribution >= 4 is 5.91 Å². The van der Waals surface area contributed by atoms with Gasteiger partial charge in [0.1, 0.15) is 0 Å². The molecule has 122 valence electrons. The van der Waals surface area contributed by atoms with E-state index in [2.05, 4.69) is 14.9 Å². The van der Waals surface area contributed by atoms with Gasteiger partial charge in [-0.3, -0.25) is 9.78 Å². The van der Waals surface area contributed by atoms with Crippen LogP contribution in [0.4, 0.5) is 0 Å². The van der Waals surface area contributed by atoms with E-state index in [1.807, 2.05) is 38.2 Å². The van der Waals surface area contributed by atoms with Crippen LogP contribution in [0.1, 0.15) is 53.8 Å². The summed E-state index contributed by atoms with van der Waals surface area (Å²) >= 11 is 0. The number of aryl methyl sites for hydroxylation is 1. The first-order valence-electron chi connectivity index (χ1n) is 8.54. The van der Waals surface area contributed by atoms with Gasteiger partial charge in [-0.25, -0.2) is 0 Å². The predicted molar refractivity (Wildman–Crippen MR) is 91.9 cm³/mol. The Balaban J connectivity index is 1.69. The third-order valence-electron chi connectivity index (χ3n) is 4.89. The fourth-order valence-electron chi connectivity index (χ4n) is 3.66. The summed E-state index contributed by atoms with van der Waals surface area (Å²) < 4.78 is 2.08. The summed E-state index contributed by atoms with van der Waals surface area (Å²) in [6, 6.07) is 5.89. The van der Waals surface area contributed by atoms with Crippen LogP contribution in [0, 0.1) is 19.8 Å². The Hall–Kier alpha value is -2.10. The molecule has 2 aromatic heterocycles. The maximum absolute atomic E-state index is 12.5. The number of rotatable bonds is 5. The van der Waals surface area contributed by atoms with Crippen LogP contribution in [0.5, 0.6) is 0 Å². The highest BCUT2D eigenvalue weighted by Crippen LogP contribution is 2.27. The molecule has 4 heteroatoms. The molecule has 23 heavy (non-hydrogen) atoms. The van der Waals surface area contributed by atoms with E-state index in [0.717, 1.165) is 41.5 Å². The van der Waals surface area contributed by atoms with Crippen LogP contribution in [0.2, 0.25) is 0 Å². The molecule has 4 nitrogen and oxygen atoms in total. The second kappa shape index (κ2) is 6.99. The molecule has 1 aliphatic rings. The molecule has 1 fully saturated rings. The summed E-state index contributed by atoms with van der Waals surface area (Å²) in [4.78, 5) is 16.7. The highest BCUT2D eigenvalue weighted by molar-refractivity contribution is 5.95. The number of carbonyl (C=O) groups is 1. The minimum atomic E-state index is 0.0336.